The molecule has 7 heteroatoms. The van der Waals surface area contributed by atoms with Crippen LogP contribution in [-0.2, 0) is 9.53 Å². The molecule has 1 N–H and O–H groups in total. The van der Waals surface area contributed by atoms with Crippen LogP contribution in [0.1, 0.15) is 64.4 Å². The molecule has 1 atom stereocenters. The number of ether oxygens (including phenoxy) is 1. The highest BCUT2D eigenvalue weighted by Crippen LogP contribution is 2.35. The second-order valence-corrected chi connectivity index (χ2v) is 10.6. The SMILES string of the molecule is Cc1cc(-c2cncnc2)cc(C2CN(C(=O)CC3CC(C)(C)NC(C)(C)C3)CCO2)n1. The van der Waals surface area contributed by atoms with E-state index in [1.54, 1.807) is 12.4 Å². The summed E-state index contributed by atoms with van der Waals surface area (Å²) in [7, 11) is 0. The fourth-order valence-electron chi connectivity index (χ4n) is 5.58. The monoisotopic (exact) mass is 437 g/mol. The fraction of sp³-hybridized carbons (Fsp3) is 0.600. The molecule has 7 nitrogen and oxygen atoms in total. The van der Waals surface area contributed by atoms with Gasteiger partial charge in [-0.2, -0.15) is 0 Å². The lowest BCUT2D eigenvalue weighted by atomic mass is 9.74. The number of pyridine rings is 1. The Kier molecular flexibility index (Phi) is 6.32. The van der Waals surface area contributed by atoms with Crippen molar-refractivity contribution in [3.8, 4) is 11.1 Å². The van der Waals surface area contributed by atoms with E-state index in [4.69, 9.17) is 9.72 Å². The molecule has 172 valence electrons. The summed E-state index contributed by atoms with van der Waals surface area (Å²) in [6.07, 6.45) is 7.51. The maximum atomic E-state index is 13.2. The summed E-state index contributed by atoms with van der Waals surface area (Å²) in [6, 6.07) is 4.05. The second-order valence-electron chi connectivity index (χ2n) is 10.6. The summed E-state index contributed by atoms with van der Waals surface area (Å²) < 4.78 is 6.05. The molecule has 2 saturated heterocycles. The number of aromatic nitrogens is 3. The summed E-state index contributed by atoms with van der Waals surface area (Å²) in [6.45, 7) is 12.6. The van der Waals surface area contributed by atoms with Crippen LogP contribution in [-0.4, -0.2) is 56.5 Å². The van der Waals surface area contributed by atoms with Gasteiger partial charge in [-0.05, 0) is 71.1 Å². The zero-order chi connectivity index (χ0) is 22.9. The van der Waals surface area contributed by atoms with Gasteiger partial charge >= 0.3 is 0 Å². The average molecular weight is 438 g/mol. The van der Waals surface area contributed by atoms with Crippen molar-refractivity contribution in [1.29, 1.82) is 0 Å². The summed E-state index contributed by atoms with van der Waals surface area (Å²) in [4.78, 5) is 28.2. The Bertz CT molecular complexity index is 944. The van der Waals surface area contributed by atoms with Crippen LogP contribution in [0.25, 0.3) is 11.1 Å². The number of nitrogens with zero attached hydrogens (tertiary/aromatic N) is 4. The van der Waals surface area contributed by atoms with Gasteiger partial charge in [-0.25, -0.2) is 9.97 Å². The van der Waals surface area contributed by atoms with Crippen molar-refractivity contribution in [2.75, 3.05) is 19.7 Å². The number of amides is 1. The highest BCUT2D eigenvalue weighted by atomic mass is 16.5. The Morgan fingerprint density at radius 3 is 2.50 bits per heavy atom. The number of rotatable bonds is 4. The Morgan fingerprint density at radius 2 is 1.81 bits per heavy atom. The van der Waals surface area contributed by atoms with E-state index in [2.05, 4.69) is 43.0 Å². The highest BCUT2D eigenvalue weighted by Gasteiger charge is 2.39. The molecule has 2 aromatic heterocycles. The van der Waals surface area contributed by atoms with Crippen LogP contribution in [0.2, 0.25) is 0 Å². The molecule has 32 heavy (non-hydrogen) atoms. The van der Waals surface area contributed by atoms with Gasteiger partial charge in [-0.1, -0.05) is 0 Å². The molecule has 0 radical (unpaired) electrons. The van der Waals surface area contributed by atoms with Crippen molar-refractivity contribution in [2.45, 2.75) is 71.1 Å². The molecule has 0 aromatic carbocycles. The number of morpholine rings is 1. The van der Waals surface area contributed by atoms with Crippen molar-refractivity contribution in [3.05, 3.63) is 42.2 Å². The van der Waals surface area contributed by atoms with E-state index in [-0.39, 0.29) is 23.1 Å². The first kappa shape index (κ1) is 22.8. The molecular weight excluding hydrogens is 402 g/mol. The number of nitrogens with one attached hydrogen (secondary N) is 1. The van der Waals surface area contributed by atoms with Gasteiger partial charge in [-0.3, -0.25) is 9.78 Å². The molecule has 2 fully saturated rings. The van der Waals surface area contributed by atoms with Gasteiger partial charge in [0.05, 0.1) is 18.8 Å². The number of hydrogen-bond acceptors (Lipinski definition) is 6. The van der Waals surface area contributed by atoms with Crippen molar-refractivity contribution >= 4 is 5.91 Å². The van der Waals surface area contributed by atoms with E-state index in [9.17, 15) is 4.79 Å². The topological polar surface area (TPSA) is 80.2 Å². The molecular formula is C25H35N5O2. The summed E-state index contributed by atoms with van der Waals surface area (Å²) >= 11 is 0. The Balaban J connectivity index is 1.46. The molecule has 0 spiro atoms. The lowest BCUT2D eigenvalue weighted by Crippen LogP contribution is -2.58. The van der Waals surface area contributed by atoms with E-state index in [1.807, 2.05) is 24.0 Å². The molecule has 1 unspecified atom stereocenters. The van der Waals surface area contributed by atoms with Crippen LogP contribution >= 0.6 is 0 Å². The van der Waals surface area contributed by atoms with Crippen LogP contribution in [0, 0.1) is 12.8 Å². The molecule has 2 aromatic rings. The maximum absolute atomic E-state index is 13.2. The first-order chi connectivity index (χ1) is 15.1. The highest BCUT2D eigenvalue weighted by molar-refractivity contribution is 5.76. The molecule has 0 aliphatic carbocycles. The van der Waals surface area contributed by atoms with Crippen LogP contribution in [0.3, 0.4) is 0 Å². The van der Waals surface area contributed by atoms with Crippen molar-refractivity contribution in [2.24, 2.45) is 5.92 Å². The molecule has 0 bridgehead atoms. The van der Waals surface area contributed by atoms with Crippen molar-refractivity contribution < 1.29 is 9.53 Å². The standard InChI is InChI=1S/C25H35N5O2/c1-17-8-19(20-13-26-16-27-14-20)10-21(28-17)22-15-30(6-7-32-22)23(31)9-18-11-24(2,3)29-25(4,5)12-18/h8,10,13-14,16,18,22,29H,6-7,9,11-12,15H2,1-5H3. The smallest absolute Gasteiger partial charge is 0.223 e. The number of carbonyl (C=O) groups is 1. The molecule has 0 saturated carbocycles. The van der Waals surface area contributed by atoms with Gasteiger partial charge in [0.1, 0.15) is 12.4 Å². The number of carbonyl (C=O) groups excluding carboxylic acids is 1. The van der Waals surface area contributed by atoms with Gasteiger partial charge in [-0.15, -0.1) is 0 Å². The van der Waals surface area contributed by atoms with Gasteiger partial charge in [0.25, 0.3) is 0 Å². The van der Waals surface area contributed by atoms with E-state index in [0.29, 0.717) is 32.0 Å². The minimum absolute atomic E-state index is 0.0449. The predicted molar refractivity (Wildman–Crippen MR) is 124 cm³/mol. The van der Waals surface area contributed by atoms with Crippen LogP contribution in [0.15, 0.2) is 30.9 Å². The van der Waals surface area contributed by atoms with Gasteiger partial charge in [0.2, 0.25) is 5.91 Å². The quantitative estimate of drug-likeness (QED) is 0.786. The summed E-state index contributed by atoms with van der Waals surface area (Å²) in [5.41, 5.74) is 3.81. The summed E-state index contributed by atoms with van der Waals surface area (Å²) in [5, 5.41) is 3.71. The molecule has 1 amide bonds. The maximum Gasteiger partial charge on any atom is 0.223 e. The third-order valence-electron chi connectivity index (χ3n) is 6.35. The summed E-state index contributed by atoms with van der Waals surface area (Å²) in [5.74, 6) is 0.609. The van der Waals surface area contributed by atoms with E-state index in [1.165, 1.54) is 6.33 Å². The van der Waals surface area contributed by atoms with E-state index in [0.717, 1.165) is 35.4 Å². The third kappa shape index (κ3) is 5.51. The van der Waals surface area contributed by atoms with E-state index >= 15 is 0 Å². The van der Waals surface area contributed by atoms with Crippen molar-refractivity contribution in [1.82, 2.24) is 25.2 Å². The zero-order valence-electron chi connectivity index (χ0n) is 19.9. The Morgan fingerprint density at radius 1 is 1.12 bits per heavy atom. The largest absolute Gasteiger partial charge is 0.368 e. The minimum atomic E-state index is -0.225. The molecule has 4 heterocycles. The Hall–Kier alpha value is -2.38. The number of hydrogen-bond donors (Lipinski definition) is 1. The van der Waals surface area contributed by atoms with Crippen LogP contribution in [0.5, 0.6) is 0 Å². The fourth-order valence-corrected chi connectivity index (χ4v) is 5.58. The lowest BCUT2D eigenvalue weighted by molar-refractivity contribution is -0.140. The van der Waals surface area contributed by atoms with E-state index < -0.39 is 0 Å². The molecule has 2 aliphatic heterocycles. The molecule has 4 rings (SSSR count). The Labute approximate surface area is 191 Å². The number of aryl methyl sites for hydroxylation is 1. The predicted octanol–water partition coefficient (Wildman–Crippen LogP) is 3.69. The number of piperidine rings is 1. The normalized spacial score (nSPS) is 23.2. The second kappa shape index (κ2) is 8.87. The lowest BCUT2D eigenvalue weighted by Gasteiger charge is -2.47. The first-order valence-electron chi connectivity index (χ1n) is 11.5. The minimum Gasteiger partial charge on any atom is -0.368 e. The van der Waals surface area contributed by atoms with Gasteiger partial charge in [0, 0.05) is 47.7 Å². The zero-order valence-corrected chi connectivity index (χ0v) is 19.9. The first-order valence-corrected chi connectivity index (χ1v) is 11.5. The van der Waals surface area contributed by atoms with Crippen LogP contribution in [0.4, 0.5) is 0 Å². The van der Waals surface area contributed by atoms with Crippen LogP contribution < -0.4 is 5.32 Å². The average Bonchev–Trinajstić information content (AvgIpc) is 2.72. The van der Waals surface area contributed by atoms with Crippen molar-refractivity contribution in [3.63, 3.8) is 0 Å². The van der Waals surface area contributed by atoms with Gasteiger partial charge < -0.3 is 15.0 Å². The van der Waals surface area contributed by atoms with Gasteiger partial charge in [0.15, 0.2) is 0 Å². The molecule has 2 aliphatic rings. The third-order valence-corrected chi connectivity index (χ3v) is 6.35.